The lowest BCUT2D eigenvalue weighted by molar-refractivity contribution is -0.274. The molecule has 1 atom stereocenters. The normalized spacial score (nSPS) is 14.7. The fraction of sp³-hybridized carbons (Fsp3) is 0.300. The van der Waals surface area contributed by atoms with E-state index in [9.17, 15) is 22.8 Å². The highest BCUT2D eigenvalue weighted by Gasteiger charge is 2.38. The summed E-state index contributed by atoms with van der Waals surface area (Å²) in [6, 6.07) is 9.41. The van der Waals surface area contributed by atoms with Gasteiger partial charge in [-0.25, -0.2) is 0 Å². The number of alkyl halides is 3. The van der Waals surface area contributed by atoms with Gasteiger partial charge in [-0.2, -0.15) is 0 Å². The second kappa shape index (κ2) is 8.12. The molecule has 0 saturated heterocycles. The molecule has 6 nitrogen and oxygen atoms in total. The van der Waals surface area contributed by atoms with Crippen molar-refractivity contribution in [2.45, 2.75) is 25.9 Å². The summed E-state index contributed by atoms with van der Waals surface area (Å²) in [7, 11) is 1.49. The van der Waals surface area contributed by atoms with Crippen LogP contribution >= 0.6 is 0 Å². The van der Waals surface area contributed by atoms with Crippen LogP contribution in [0.2, 0.25) is 0 Å². The van der Waals surface area contributed by atoms with Crippen LogP contribution in [0.3, 0.4) is 0 Å². The maximum atomic E-state index is 12.6. The molecule has 154 valence electrons. The van der Waals surface area contributed by atoms with Gasteiger partial charge in [0.1, 0.15) is 18.1 Å². The van der Waals surface area contributed by atoms with E-state index in [4.69, 9.17) is 9.47 Å². The van der Waals surface area contributed by atoms with Crippen LogP contribution in [0, 0.1) is 0 Å². The van der Waals surface area contributed by atoms with Crippen molar-refractivity contribution in [1.82, 2.24) is 4.90 Å². The van der Waals surface area contributed by atoms with Crippen molar-refractivity contribution in [3.05, 3.63) is 59.2 Å². The molecule has 1 heterocycles. The highest BCUT2D eigenvalue weighted by Crippen LogP contribution is 2.29. The number of carbonyl (C=O) groups is 2. The van der Waals surface area contributed by atoms with Gasteiger partial charge >= 0.3 is 6.36 Å². The molecule has 0 saturated carbocycles. The smallest absolute Gasteiger partial charge is 0.489 e. The summed E-state index contributed by atoms with van der Waals surface area (Å²) >= 11 is 0. The van der Waals surface area contributed by atoms with E-state index in [0.29, 0.717) is 16.9 Å². The zero-order chi connectivity index (χ0) is 21.2. The Balaban J connectivity index is 1.68. The molecule has 0 bridgehead atoms. The maximum absolute atomic E-state index is 12.6. The molecule has 29 heavy (non-hydrogen) atoms. The van der Waals surface area contributed by atoms with E-state index in [1.54, 1.807) is 13.0 Å². The second-order valence-corrected chi connectivity index (χ2v) is 6.47. The summed E-state index contributed by atoms with van der Waals surface area (Å²) in [5, 5.41) is 0. The minimum Gasteiger partial charge on any atom is -0.489 e. The molecule has 0 radical (unpaired) electrons. The average Bonchev–Trinajstić information content (AvgIpc) is 2.90. The van der Waals surface area contributed by atoms with Crippen molar-refractivity contribution in [3.8, 4) is 11.5 Å². The average molecular weight is 409 g/mol. The zero-order valence-corrected chi connectivity index (χ0v) is 15.7. The summed E-state index contributed by atoms with van der Waals surface area (Å²) < 4.78 is 51.0. The van der Waals surface area contributed by atoms with Gasteiger partial charge in [-0.15, -0.1) is 13.2 Å². The maximum Gasteiger partial charge on any atom is 0.573 e. The number of hydrogen-bond donors (Lipinski definition) is 0. The minimum absolute atomic E-state index is 0.0665. The fourth-order valence-corrected chi connectivity index (χ4v) is 3.00. The molecular weight excluding hydrogens is 391 g/mol. The third kappa shape index (κ3) is 4.68. The van der Waals surface area contributed by atoms with Crippen LogP contribution in [0.5, 0.6) is 11.5 Å². The Labute approximate surface area is 164 Å². The molecule has 1 unspecified atom stereocenters. The van der Waals surface area contributed by atoms with Gasteiger partial charge in [-0.3, -0.25) is 14.5 Å². The van der Waals surface area contributed by atoms with E-state index in [-0.39, 0.29) is 30.4 Å². The lowest BCUT2D eigenvalue weighted by Gasteiger charge is -2.21. The summed E-state index contributed by atoms with van der Waals surface area (Å²) in [5.74, 6) is -0.773. The molecule has 1 aliphatic rings. The SMILES string of the molecule is COCC(C)N1C(=O)c2ccc(OCc3ccc(OC(F)(F)F)cc3)cc2C1=O. The van der Waals surface area contributed by atoms with Crippen molar-refractivity contribution in [1.29, 1.82) is 0 Å². The standard InChI is InChI=1S/C20H18F3NO5/c1-12(10-27-2)24-18(25)16-8-7-15(9-17(16)19(24)26)28-11-13-3-5-14(6-4-13)29-20(21,22)23/h3-9,12H,10-11H2,1-2H3. The predicted molar refractivity (Wildman–Crippen MR) is 95.7 cm³/mol. The van der Waals surface area contributed by atoms with Gasteiger partial charge in [0.2, 0.25) is 0 Å². The first-order valence-electron chi connectivity index (χ1n) is 8.68. The molecule has 0 fully saturated rings. The number of nitrogens with zero attached hydrogens (tertiary/aromatic N) is 1. The topological polar surface area (TPSA) is 65.1 Å². The Morgan fingerprint density at radius 1 is 0.966 bits per heavy atom. The molecule has 0 N–H and O–H groups in total. The highest BCUT2D eigenvalue weighted by atomic mass is 19.4. The van der Waals surface area contributed by atoms with Gasteiger partial charge < -0.3 is 14.2 Å². The van der Waals surface area contributed by atoms with Gasteiger partial charge in [-0.1, -0.05) is 12.1 Å². The number of methoxy groups -OCH3 is 1. The van der Waals surface area contributed by atoms with Gasteiger partial charge in [0.25, 0.3) is 11.8 Å². The van der Waals surface area contributed by atoms with Crippen LogP contribution in [0.4, 0.5) is 13.2 Å². The van der Waals surface area contributed by atoms with Crippen molar-refractivity contribution < 1.29 is 37.0 Å². The number of amides is 2. The molecule has 0 aromatic heterocycles. The monoisotopic (exact) mass is 409 g/mol. The van der Waals surface area contributed by atoms with Crippen molar-refractivity contribution in [2.24, 2.45) is 0 Å². The number of halogens is 3. The largest absolute Gasteiger partial charge is 0.573 e. The minimum atomic E-state index is -4.75. The summed E-state index contributed by atoms with van der Waals surface area (Å²) in [5.41, 5.74) is 1.14. The van der Waals surface area contributed by atoms with Crippen LogP contribution in [-0.4, -0.2) is 42.8 Å². The Kier molecular flexibility index (Phi) is 5.78. The molecule has 9 heteroatoms. The molecule has 0 aliphatic carbocycles. The summed E-state index contributed by atoms with van der Waals surface area (Å²) in [4.78, 5) is 26.2. The highest BCUT2D eigenvalue weighted by molar-refractivity contribution is 6.21. The van der Waals surface area contributed by atoms with E-state index in [1.165, 1.54) is 43.5 Å². The van der Waals surface area contributed by atoms with Crippen molar-refractivity contribution >= 4 is 11.8 Å². The lowest BCUT2D eigenvalue weighted by atomic mass is 10.1. The Morgan fingerprint density at radius 3 is 2.21 bits per heavy atom. The van der Waals surface area contributed by atoms with Crippen LogP contribution in [0.1, 0.15) is 33.2 Å². The van der Waals surface area contributed by atoms with E-state index < -0.39 is 18.3 Å². The van der Waals surface area contributed by atoms with Gasteiger partial charge in [-0.05, 0) is 42.8 Å². The molecular formula is C20H18F3NO5. The number of fused-ring (bicyclic) bond motifs is 1. The predicted octanol–water partition coefficient (Wildman–Crippen LogP) is 3.80. The zero-order valence-electron chi connectivity index (χ0n) is 15.7. The number of ether oxygens (including phenoxy) is 3. The summed E-state index contributed by atoms with van der Waals surface area (Å²) in [6.07, 6.45) is -4.75. The molecule has 2 amide bonds. The van der Waals surface area contributed by atoms with Gasteiger partial charge in [0.15, 0.2) is 0 Å². The fourth-order valence-electron chi connectivity index (χ4n) is 3.00. The van der Waals surface area contributed by atoms with Gasteiger partial charge in [0.05, 0.1) is 23.8 Å². The van der Waals surface area contributed by atoms with E-state index in [1.807, 2.05) is 0 Å². The van der Waals surface area contributed by atoms with E-state index in [0.717, 1.165) is 4.90 Å². The van der Waals surface area contributed by atoms with Crippen LogP contribution < -0.4 is 9.47 Å². The first-order chi connectivity index (χ1) is 13.7. The van der Waals surface area contributed by atoms with E-state index in [2.05, 4.69) is 4.74 Å². The Morgan fingerprint density at radius 2 is 1.59 bits per heavy atom. The van der Waals surface area contributed by atoms with Crippen LogP contribution in [-0.2, 0) is 11.3 Å². The van der Waals surface area contributed by atoms with Crippen LogP contribution in [0.25, 0.3) is 0 Å². The summed E-state index contributed by atoms with van der Waals surface area (Å²) in [6.45, 7) is 2.01. The Bertz CT molecular complexity index is 911. The first-order valence-corrected chi connectivity index (χ1v) is 8.68. The molecule has 0 spiro atoms. The third-order valence-corrected chi connectivity index (χ3v) is 4.30. The third-order valence-electron chi connectivity index (χ3n) is 4.30. The Hall–Kier alpha value is -3.07. The second-order valence-electron chi connectivity index (χ2n) is 6.47. The number of rotatable bonds is 7. The number of imide groups is 1. The van der Waals surface area contributed by atoms with Crippen molar-refractivity contribution in [2.75, 3.05) is 13.7 Å². The molecule has 3 rings (SSSR count). The molecule has 2 aromatic carbocycles. The first kappa shape index (κ1) is 20.7. The molecule has 1 aliphatic heterocycles. The number of benzene rings is 2. The number of hydrogen-bond acceptors (Lipinski definition) is 5. The van der Waals surface area contributed by atoms with Crippen molar-refractivity contribution in [3.63, 3.8) is 0 Å². The lowest BCUT2D eigenvalue weighted by Crippen LogP contribution is -2.40. The van der Waals surface area contributed by atoms with Gasteiger partial charge in [0, 0.05) is 7.11 Å². The number of carbonyl (C=O) groups excluding carboxylic acids is 2. The quantitative estimate of drug-likeness (QED) is 0.651. The van der Waals surface area contributed by atoms with Crippen LogP contribution in [0.15, 0.2) is 42.5 Å². The molecule has 2 aromatic rings. The van der Waals surface area contributed by atoms with E-state index >= 15 is 0 Å².